The molecule has 1 aromatic carbocycles. The number of carbonyl (C=O) groups is 2. The molecule has 32 heavy (non-hydrogen) atoms. The van der Waals surface area contributed by atoms with Gasteiger partial charge in [0.15, 0.2) is 0 Å². The predicted octanol–water partition coefficient (Wildman–Crippen LogP) is 5.56. The molecular formula is C27H36N2O2S. The average Bonchev–Trinajstić information content (AvgIpc) is 3.45. The molecule has 172 valence electrons. The summed E-state index contributed by atoms with van der Waals surface area (Å²) in [6, 6.07) is 11.0. The third kappa shape index (κ3) is 4.63. The molecule has 0 spiro atoms. The first-order valence-electron chi connectivity index (χ1n) is 11.7. The van der Waals surface area contributed by atoms with E-state index in [4.69, 9.17) is 0 Å². The van der Waals surface area contributed by atoms with E-state index >= 15 is 0 Å². The van der Waals surface area contributed by atoms with Crippen LogP contribution < -0.4 is 0 Å². The Morgan fingerprint density at radius 2 is 1.69 bits per heavy atom. The number of carbonyl (C=O) groups excluding carboxylic acids is 2. The van der Waals surface area contributed by atoms with Gasteiger partial charge in [-0.15, -0.1) is 11.3 Å². The van der Waals surface area contributed by atoms with Gasteiger partial charge in [-0.3, -0.25) is 9.59 Å². The van der Waals surface area contributed by atoms with Crippen molar-refractivity contribution < 1.29 is 9.59 Å². The zero-order valence-corrected chi connectivity index (χ0v) is 21.1. The lowest BCUT2D eigenvalue weighted by Crippen LogP contribution is -2.49. The predicted molar refractivity (Wildman–Crippen MR) is 131 cm³/mol. The number of hydrogen-bond donors (Lipinski definition) is 0. The van der Waals surface area contributed by atoms with Crippen LogP contribution in [0.5, 0.6) is 0 Å². The standard InChI is InChI=1S/C27H36N2O2S/c1-26(2,3)19-9-7-18(8-10-19)24-21-14-16-32-22(21)13-15-28(24)23(30)17-29(20-11-12-20)25(31)27(4,5)6/h7-10,14,16,20,24H,11-13,15,17H2,1-6H3. The second kappa shape index (κ2) is 8.33. The number of nitrogens with zero attached hydrogens (tertiary/aromatic N) is 2. The molecule has 2 amide bonds. The third-order valence-corrected chi connectivity index (χ3v) is 7.57. The van der Waals surface area contributed by atoms with E-state index in [-0.39, 0.29) is 35.9 Å². The van der Waals surface area contributed by atoms with Gasteiger partial charge >= 0.3 is 0 Å². The van der Waals surface area contributed by atoms with Gasteiger partial charge in [0.1, 0.15) is 6.54 Å². The molecule has 1 unspecified atom stereocenters. The summed E-state index contributed by atoms with van der Waals surface area (Å²) in [6.07, 6.45) is 2.88. The number of thiophene rings is 1. The van der Waals surface area contributed by atoms with Gasteiger partial charge in [-0.25, -0.2) is 0 Å². The molecule has 1 saturated carbocycles. The van der Waals surface area contributed by atoms with E-state index in [0.29, 0.717) is 6.54 Å². The first kappa shape index (κ1) is 23.0. The smallest absolute Gasteiger partial charge is 0.243 e. The van der Waals surface area contributed by atoms with Crippen molar-refractivity contribution in [1.82, 2.24) is 9.80 Å². The highest BCUT2D eigenvalue weighted by atomic mass is 32.1. The van der Waals surface area contributed by atoms with Crippen LogP contribution in [0.15, 0.2) is 35.7 Å². The topological polar surface area (TPSA) is 40.6 Å². The maximum Gasteiger partial charge on any atom is 0.243 e. The quantitative estimate of drug-likeness (QED) is 0.610. The summed E-state index contributed by atoms with van der Waals surface area (Å²) in [4.78, 5) is 31.9. The molecule has 1 atom stereocenters. The van der Waals surface area contributed by atoms with E-state index in [1.54, 1.807) is 11.3 Å². The Morgan fingerprint density at radius 1 is 1.03 bits per heavy atom. The number of fused-ring (bicyclic) bond motifs is 1. The van der Waals surface area contributed by atoms with Gasteiger partial charge in [0.2, 0.25) is 11.8 Å². The SMILES string of the molecule is CC(C)(C)C(=O)N(CC(=O)N1CCc2sccc2C1c1ccc(C(C)(C)C)cc1)C1CC1. The van der Waals surface area contributed by atoms with Crippen LogP contribution in [0, 0.1) is 5.41 Å². The molecule has 0 saturated heterocycles. The Labute approximate surface area is 196 Å². The van der Waals surface area contributed by atoms with Gasteiger partial charge in [0.05, 0.1) is 6.04 Å². The monoisotopic (exact) mass is 452 g/mol. The first-order valence-corrected chi connectivity index (χ1v) is 12.6. The van der Waals surface area contributed by atoms with Crippen LogP contribution in [0.4, 0.5) is 0 Å². The van der Waals surface area contributed by atoms with E-state index in [2.05, 4.69) is 56.5 Å². The third-order valence-electron chi connectivity index (χ3n) is 6.57. The van der Waals surface area contributed by atoms with Gasteiger partial charge in [0, 0.05) is 22.9 Å². The Hall–Kier alpha value is -2.14. The molecule has 5 heteroatoms. The normalized spacial score (nSPS) is 18.9. The lowest BCUT2D eigenvalue weighted by atomic mass is 9.85. The molecule has 1 aliphatic heterocycles. The van der Waals surface area contributed by atoms with E-state index in [1.807, 2.05) is 30.6 Å². The number of amides is 2. The second-order valence-corrected chi connectivity index (χ2v) is 12.3. The fourth-order valence-corrected chi connectivity index (χ4v) is 5.43. The van der Waals surface area contributed by atoms with Crippen molar-refractivity contribution in [3.8, 4) is 0 Å². The molecular weight excluding hydrogens is 416 g/mol. The molecule has 2 heterocycles. The summed E-state index contributed by atoms with van der Waals surface area (Å²) in [5, 5.41) is 2.13. The fourth-order valence-electron chi connectivity index (χ4n) is 4.53. The van der Waals surface area contributed by atoms with Crippen LogP contribution in [0.2, 0.25) is 0 Å². The zero-order chi connectivity index (χ0) is 23.3. The molecule has 1 aromatic heterocycles. The molecule has 1 fully saturated rings. The van der Waals surface area contributed by atoms with Crippen molar-refractivity contribution >= 4 is 23.2 Å². The summed E-state index contributed by atoms with van der Waals surface area (Å²) >= 11 is 1.78. The Balaban J connectivity index is 1.63. The van der Waals surface area contributed by atoms with Gasteiger partial charge in [-0.05, 0) is 52.8 Å². The van der Waals surface area contributed by atoms with E-state index in [9.17, 15) is 9.59 Å². The van der Waals surface area contributed by atoms with Crippen molar-refractivity contribution in [2.24, 2.45) is 5.41 Å². The van der Waals surface area contributed by atoms with Gasteiger partial charge in [-0.1, -0.05) is 65.8 Å². The molecule has 4 nitrogen and oxygen atoms in total. The average molecular weight is 453 g/mol. The molecule has 4 rings (SSSR count). The fraction of sp³-hybridized carbons (Fsp3) is 0.556. The van der Waals surface area contributed by atoms with Crippen molar-refractivity contribution in [1.29, 1.82) is 0 Å². The van der Waals surface area contributed by atoms with E-state index in [0.717, 1.165) is 24.8 Å². The van der Waals surface area contributed by atoms with E-state index in [1.165, 1.54) is 16.0 Å². The van der Waals surface area contributed by atoms with Crippen molar-refractivity contribution in [3.05, 3.63) is 57.3 Å². The maximum absolute atomic E-state index is 13.6. The van der Waals surface area contributed by atoms with Gasteiger partial charge < -0.3 is 9.80 Å². The minimum absolute atomic E-state index is 0.0521. The number of hydrogen-bond acceptors (Lipinski definition) is 3. The Bertz CT molecular complexity index is 990. The number of benzene rings is 1. The zero-order valence-electron chi connectivity index (χ0n) is 20.3. The molecule has 2 aromatic rings. The highest BCUT2D eigenvalue weighted by molar-refractivity contribution is 7.10. The lowest BCUT2D eigenvalue weighted by molar-refractivity contribution is -0.147. The van der Waals surface area contributed by atoms with Crippen molar-refractivity contribution in [2.45, 2.75) is 78.3 Å². The summed E-state index contributed by atoms with van der Waals surface area (Å²) < 4.78 is 0. The summed E-state index contributed by atoms with van der Waals surface area (Å²) in [5.41, 5.74) is 3.28. The van der Waals surface area contributed by atoms with Crippen LogP contribution in [-0.2, 0) is 21.4 Å². The number of rotatable bonds is 4. The minimum atomic E-state index is -0.479. The Kier molecular flexibility index (Phi) is 6.00. The largest absolute Gasteiger partial charge is 0.330 e. The molecule has 0 bridgehead atoms. The summed E-state index contributed by atoms with van der Waals surface area (Å²) in [5.74, 6) is 0.129. The Morgan fingerprint density at radius 3 is 2.25 bits per heavy atom. The first-order chi connectivity index (χ1) is 15.0. The molecule has 2 aliphatic rings. The molecule has 0 radical (unpaired) electrons. The van der Waals surface area contributed by atoms with Crippen molar-refractivity contribution in [2.75, 3.05) is 13.1 Å². The highest BCUT2D eigenvalue weighted by Crippen LogP contribution is 2.39. The van der Waals surface area contributed by atoms with Crippen molar-refractivity contribution in [3.63, 3.8) is 0 Å². The highest BCUT2D eigenvalue weighted by Gasteiger charge is 2.41. The van der Waals surface area contributed by atoms with Gasteiger partial charge in [0.25, 0.3) is 0 Å². The van der Waals surface area contributed by atoms with E-state index < -0.39 is 5.41 Å². The maximum atomic E-state index is 13.6. The van der Waals surface area contributed by atoms with Crippen LogP contribution in [0.3, 0.4) is 0 Å². The summed E-state index contributed by atoms with van der Waals surface area (Å²) in [6.45, 7) is 13.3. The summed E-state index contributed by atoms with van der Waals surface area (Å²) in [7, 11) is 0. The second-order valence-electron chi connectivity index (χ2n) is 11.3. The minimum Gasteiger partial charge on any atom is -0.330 e. The van der Waals surface area contributed by atoms with Crippen LogP contribution in [0.25, 0.3) is 0 Å². The van der Waals surface area contributed by atoms with Gasteiger partial charge in [-0.2, -0.15) is 0 Å². The molecule has 0 N–H and O–H groups in total. The van der Waals surface area contributed by atoms with Crippen LogP contribution in [-0.4, -0.2) is 40.7 Å². The lowest BCUT2D eigenvalue weighted by Gasteiger charge is -2.38. The molecule has 1 aliphatic carbocycles. The van der Waals surface area contributed by atoms with Crippen LogP contribution in [0.1, 0.15) is 82.0 Å². The van der Waals surface area contributed by atoms with Crippen LogP contribution >= 0.6 is 11.3 Å².